The fourth-order valence-corrected chi connectivity index (χ4v) is 3.66. The van der Waals surface area contributed by atoms with E-state index in [0.29, 0.717) is 0 Å². The van der Waals surface area contributed by atoms with Gasteiger partial charge in [0.2, 0.25) is 0 Å². The van der Waals surface area contributed by atoms with E-state index in [-0.39, 0.29) is 5.54 Å². The van der Waals surface area contributed by atoms with Crippen LogP contribution < -0.4 is 5.32 Å². The monoisotopic (exact) mass is 254 g/mol. The maximum Gasteiger partial charge on any atom is 0.116 e. The molecule has 0 amide bonds. The topological polar surface area (TPSA) is 34.2 Å². The maximum atomic E-state index is 5.68. The third-order valence-corrected chi connectivity index (χ3v) is 4.61. The minimum atomic E-state index is -0.0319. The molecule has 1 atom stereocenters. The summed E-state index contributed by atoms with van der Waals surface area (Å²) < 4.78 is 5.68. The van der Waals surface area contributed by atoms with E-state index in [0.717, 1.165) is 39.0 Å². The summed E-state index contributed by atoms with van der Waals surface area (Å²) in [7, 11) is 0. The van der Waals surface area contributed by atoms with Crippen LogP contribution in [0.15, 0.2) is 0 Å². The van der Waals surface area contributed by atoms with Crippen molar-refractivity contribution in [3.05, 3.63) is 15.6 Å². The number of hydrogen-bond donors (Lipinski definition) is 1. The normalized spacial score (nSPS) is 25.1. The molecule has 0 spiro atoms. The highest BCUT2D eigenvalue weighted by molar-refractivity contribution is 7.11. The summed E-state index contributed by atoms with van der Waals surface area (Å²) in [6.07, 6.45) is 3.27. The van der Waals surface area contributed by atoms with Gasteiger partial charge >= 0.3 is 0 Å². The van der Waals surface area contributed by atoms with E-state index in [1.807, 2.05) is 11.3 Å². The number of ether oxygens (including phenoxy) is 1. The van der Waals surface area contributed by atoms with Gasteiger partial charge in [0, 0.05) is 11.5 Å². The molecule has 1 fully saturated rings. The average molecular weight is 254 g/mol. The smallest absolute Gasteiger partial charge is 0.116 e. The first-order valence-corrected chi connectivity index (χ1v) is 7.33. The molecule has 2 heterocycles. The summed E-state index contributed by atoms with van der Waals surface area (Å²) in [5.41, 5.74) is 1.21. The molecule has 1 aliphatic heterocycles. The molecule has 3 nitrogen and oxygen atoms in total. The lowest BCUT2D eigenvalue weighted by atomic mass is 9.93. The number of thiazole rings is 1. The van der Waals surface area contributed by atoms with E-state index in [1.54, 1.807) is 0 Å². The van der Waals surface area contributed by atoms with E-state index in [4.69, 9.17) is 9.72 Å². The second-order valence-electron chi connectivity index (χ2n) is 4.64. The van der Waals surface area contributed by atoms with E-state index >= 15 is 0 Å². The molecule has 0 aromatic carbocycles. The minimum Gasteiger partial charge on any atom is -0.379 e. The third kappa shape index (κ3) is 2.54. The quantitative estimate of drug-likeness (QED) is 0.897. The zero-order chi connectivity index (χ0) is 12.3. The molecule has 1 aliphatic rings. The van der Waals surface area contributed by atoms with Gasteiger partial charge in [0.05, 0.1) is 17.8 Å². The second-order valence-corrected chi connectivity index (χ2v) is 5.85. The van der Waals surface area contributed by atoms with Gasteiger partial charge in [0.1, 0.15) is 5.01 Å². The summed E-state index contributed by atoms with van der Waals surface area (Å²) >= 11 is 1.83. The van der Waals surface area contributed by atoms with Crippen LogP contribution in [0.4, 0.5) is 0 Å². The fraction of sp³-hybridized carbons (Fsp3) is 0.769. The van der Waals surface area contributed by atoms with Crippen LogP contribution in [0.25, 0.3) is 0 Å². The molecule has 0 aliphatic carbocycles. The lowest BCUT2D eigenvalue weighted by molar-refractivity contribution is 0.0188. The lowest BCUT2D eigenvalue weighted by Gasteiger charge is -2.36. The number of aryl methyl sites for hydroxylation is 2. The van der Waals surface area contributed by atoms with Crippen LogP contribution in [0.1, 0.15) is 42.3 Å². The van der Waals surface area contributed by atoms with Crippen LogP contribution in [0.5, 0.6) is 0 Å². The Morgan fingerprint density at radius 3 is 2.82 bits per heavy atom. The predicted molar refractivity (Wildman–Crippen MR) is 71.6 cm³/mol. The van der Waals surface area contributed by atoms with Gasteiger partial charge in [-0.05, 0) is 32.7 Å². The molecule has 1 N–H and O–H groups in total. The molecule has 0 bridgehead atoms. The molecular formula is C13H22N2OS. The Morgan fingerprint density at radius 2 is 2.29 bits per heavy atom. The van der Waals surface area contributed by atoms with Crippen LogP contribution in [0, 0.1) is 6.92 Å². The van der Waals surface area contributed by atoms with E-state index in [9.17, 15) is 0 Å². The lowest BCUT2D eigenvalue weighted by Crippen LogP contribution is -2.48. The average Bonchev–Trinajstić information content (AvgIpc) is 2.73. The van der Waals surface area contributed by atoms with Gasteiger partial charge in [0.25, 0.3) is 0 Å². The molecular weight excluding hydrogens is 232 g/mol. The SMILES string of the molecule is CCNC1(c2nc(CC)c(C)s2)CCCOC1. The van der Waals surface area contributed by atoms with Crippen LogP contribution in [-0.4, -0.2) is 24.7 Å². The van der Waals surface area contributed by atoms with E-state index in [2.05, 4.69) is 26.1 Å². The fourth-order valence-electron chi connectivity index (χ4n) is 2.48. The van der Waals surface area contributed by atoms with E-state index in [1.165, 1.54) is 15.6 Å². The van der Waals surface area contributed by atoms with Crippen molar-refractivity contribution in [1.82, 2.24) is 10.3 Å². The van der Waals surface area contributed by atoms with Crippen LogP contribution in [0.3, 0.4) is 0 Å². The van der Waals surface area contributed by atoms with Crippen LogP contribution in [0.2, 0.25) is 0 Å². The number of nitrogens with one attached hydrogen (secondary N) is 1. The van der Waals surface area contributed by atoms with Gasteiger partial charge < -0.3 is 10.1 Å². The van der Waals surface area contributed by atoms with Gasteiger partial charge in [-0.1, -0.05) is 13.8 Å². The highest BCUT2D eigenvalue weighted by Crippen LogP contribution is 2.34. The molecule has 17 heavy (non-hydrogen) atoms. The molecule has 1 aromatic rings. The largest absolute Gasteiger partial charge is 0.379 e. The zero-order valence-corrected chi connectivity index (χ0v) is 11.8. The predicted octanol–water partition coefficient (Wildman–Crippen LogP) is 2.63. The van der Waals surface area contributed by atoms with Gasteiger partial charge in [-0.2, -0.15) is 0 Å². The first-order chi connectivity index (χ1) is 8.22. The van der Waals surface area contributed by atoms with Gasteiger partial charge in [-0.3, -0.25) is 0 Å². The first kappa shape index (κ1) is 13.0. The number of aromatic nitrogens is 1. The second kappa shape index (κ2) is 5.46. The summed E-state index contributed by atoms with van der Waals surface area (Å²) in [6.45, 7) is 9.10. The highest BCUT2D eigenvalue weighted by atomic mass is 32.1. The standard InChI is InChI=1S/C13H22N2OS/c1-4-11-10(3)17-12(15-11)13(14-5-2)7-6-8-16-9-13/h14H,4-9H2,1-3H3. The van der Waals surface area contributed by atoms with Crippen molar-refractivity contribution in [3.8, 4) is 0 Å². The Kier molecular flexibility index (Phi) is 4.17. The van der Waals surface area contributed by atoms with Crippen molar-refractivity contribution < 1.29 is 4.74 Å². The first-order valence-electron chi connectivity index (χ1n) is 6.51. The highest BCUT2D eigenvalue weighted by Gasteiger charge is 2.37. The third-order valence-electron chi connectivity index (χ3n) is 3.39. The molecule has 1 unspecified atom stereocenters. The number of likely N-dealkylation sites (N-methyl/N-ethyl adjacent to an activating group) is 1. The van der Waals surface area contributed by atoms with Crippen molar-refractivity contribution in [2.24, 2.45) is 0 Å². The number of nitrogens with zero attached hydrogens (tertiary/aromatic N) is 1. The Hall–Kier alpha value is -0.450. The Morgan fingerprint density at radius 1 is 1.47 bits per heavy atom. The summed E-state index contributed by atoms with van der Waals surface area (Å²) in [5, 5.41) is 4.82. The van der Waals surface area contributed by atoms with Crippen LogP contribution >= 0.6 is 11.3 Å². The van der Waals surface area contributed by atoms with Gasteiger partial charge in [-0.25, -0.2) is 4.98 Å². The van der Waals surface area contributed by atoms with Crippen molar-refractivity contribution in [2.75, 3.05) is 19.8 Å². The summed E-state index contributed by atoms with van der Waals surface area (Å²) in [4.78, 5) is 6.17. The molecule has 1 saturated heterocycles. The van der Waals surface area contributed by atoms with Crippen molar-refractivity contribution in [2.45, 2.75) is 45.6 Å². The Balaban J connectivity index is 2.30. The van der Waals surface area contributed by atoms with Gasteiger partial charge in [0.15, 0.2) is 0 Å². The maximum absolute atomic E-state index is 5.68. The van der Waals surface area contributed by atoms with Crippen molar-refractivity contribution >= 4 is 11.3 Å². The summed E-state index contributed by atoms with van der Waals surface area (Å²) in [6, 6.07) is 0. The number of rotatable bonds is 4. The van der Waals surface area contributed by atoms with Crippen molar-refractivity contribution in [3.63, 3.8) is 0 Å². The molecule has 96 valence electrons. The van der Waals surface area contributed by atoms with Gasteiger partial charge in [-0.15, -0.1) is 11.3 Å². The molecule has 1 aromatic heterocycles. The minimum absolute atomic E-state index is 0.0319. The summed E-state index contributed by atoms with van der Waals surface area (Å²) in [5.74, 6) is 0. The molecule has 2 rings (SSSR count). The molecule has 4 heteroatoms. The zero-order valence-electron chi connectivity index (χ0n) is 11.0. The number of hydrogen-bond acceptors (Lipinski definition) is 4. The molecule has 0 radical (unpaired) electrons. The Labute approximate surface area is 108 Å². The van der Waals surface area contributed by atoms with Crippen LogP contribution in [-0.2, 0) is 16.7 Å². The Bertz CT molecular complexity index is 364. The molecule has 0 saturated carbocycles. The van der Waals surface area contributed by atoms with E-state index < -0.39 is 0 Å². The van der Waals surface area contributed by atoms with Crippen molar-refractivity contribution in [1.29, 1.82) is 0 Å².